The molecule has 1 N–H and O–H groups in total. The fourth-order valence-corrected chi connectivity index (χ4v) is 2.88. The molecule has 1 aliphatic rings. The van der Waals surface area contributed by atoms with Gasteiger partial charge in [-0.15, -0.1) is 0 Å². The lowest BCUT2D eigenvalue weighted by molar-refractivity contribution is -0.0147. The summed E-state index contributed by atoms with van der Waals surface area (Å²) < 4.78 is 27.6. The fraction of sp³-hybridized carbons (Fsp3) is 0.435. The van der Waals surface area contributed by atoms with Crippen LogP contribution in [0.3, 0.4) is 0 Å². The normalized spacial score (nSPS) is 17.3. The highest BCUT2D eigenvalue weighted by Gasteiger charge is 2.11. The summed E-state index contributed by atoms with van der Waals surface area (Å²) in [7, 11) is 0. The van der Waals surface area contributed by atoms with Crippen LogP contribution in [0.25, 0.3) is 0 Å². The van der Waals surface area contributed by atoms with Crippen molar-refractivity contribution >= 4 is 11.4 Å². The first-order valence-electron chi connectivity index (χ1n) is 10.4. The quantitative estimate of drug-likeness (QED) is 0.705. The van der Waals surface area contributed by atoms with Crippen LogP contribution in [0.1, 0.15) is 16.7 Å². The summed E-state index contributed by atoms with van der Waals surface area (Å²) >= 11 is 0. The summed E-state index contributed by atoms with van der Waals surface area (Å²) in [5, 5.41) is 28.1. The average Bonchev–Trinajstić information content (AvgIpc) is 2.82. The van der Waals surface area contributed by atoms with E-state index < -0.39 is 0 Å². The molecule has 0 saturated heterocycles. The van der Waals surface area contributed by atoms with Gasteiger partial charge >= 0.3 is 0 Å². The number of aromatic hydroxyl groups is 1. The van der Waals surface area contributed by atoms with Gasteiger partial charge in [0.2, 0.25) is 0 Å². The summed E-state index contributed by atoms with van der Waals surface area (Å²) in [6.45, 7) is 3.96. The molecular formula is C23H27N3O6. The van der Waals surface area contributed by atoms with Crippen LogP contribution < -0.4 is 0 Å². The second-order valence-electron chi connectivity index (χ2n) is 6.91. The maximum absolute atomic E-state index is 10.7. The van der Waals surface area contributed by atoms with Gasteiger partial charge in [0.05, 0.1) is 89.1 Å². The van der Waals surface area contributed by atoms with Crippen molar-refractivity contribution in [1.29, 1.82) is 5.26 Å². The summed E-state index contributed by atoms with van der Waals surface area (Å²) in [5.41, 5.74) is 2.90. The Balaban J connectivity index is 1.72. The van der Waals surface area contributed by atoms with E-state index in [1.54, 1.807) is 36.4 Å². The number of hydrogen-bond donors (Lipinski definition) is 1. The van der Waals surface area contributed by atoms with Crippen LogP contribution in [0.4, 0.5) is 11.4 Å². The number of phenolic OH excluding ortho intramolecular Hbond substituents is 1. The molecule has 2 aromatic rings. The molecule has 9 heteroatoms. The number of nitriles is 1. The number of azo groups is 1. The number of hydrogen-bond acceptors (Lipinski definition) is 9. The topological polar surface area (TPSA) is 115 Å². The molecule has 0 aliphatic carbocycles. The van der Waals surface area contributed by atoms with E-state index in [1.165, 1.54) is 0 Å². The van der Waals surface area contributed by atoms with Gasteiger partial charge in [-0.2, -0.15) is 15.5 Å². The molecule has 0 spiro atoms. The number of ether oxygens (including phenoxy) is 5. The van der Waals surface area contributed by atoms with Crippen LogP contribution in [0.15, 0.2) is 46.6 Å². The molecule has 9 nitrogen and oxygen atoms in total. The first-order valence-corrected chi connectivity index (χ1v) is 10.4. The minimum atomic E-state index is 0.110. The molecule has 0 saturated carbocycles. The average molecular weight is 441 g/mol. The van der Waals surface area contributed by atoms with Crippen LogP contribution in [-0.2, 0) is 36.9 Å². The molecule has 0 unspecified atom stereocenters. The van der Waals surface area contributed by atoms with Crippen molar-refractivity contribution in [3.05, 3.63) is 53.1 Å². The van der Waals surface area contributed by atoms with Crippen molar-refractivity contribution < 1.29 is 28.8 Å². The van der Waals surface area contributed by atoms with E-state index >= 15 is 0 Å². The van der Waals surface area contributed by atoms with E-state index in [4.69, 9.17) is 28.9 Å². The van der Waals surface area contributed by atoms with Crippen molar-refractivity contribution in [1.82, 2.24) is 0 Å². The van der Waals surface area contributed by atoms with E-state index in [-0.39, 0.29) is 19.0 Å². The highest BCUT2D eigenvalue weighted by Crippen LogP contribution is 2.31. The van der Waals surface area contributed by atoms with Gasteiger partial charge in [-0.1, -0.05) is 0 Å². The van der Waals surface area contributed by atoms with Crippen molar-refractivity contribution in [2.75, 3.05) is 52.9 Å². The van der Waals surface area contributed by atoms with Crippen LogP contribution in [0.5, 0.6) is 5.75 Å². The Hall–Kier alpha value is -2.87. The minimum Gasteiger partial charge on any atom is -0.507 e. The molecule has 2 aromatic carbocycles. The maximum Gasteiger partial charge on any atom is 0.126 e. The second kappa shape index (κ2) is 13.5. The van der Waals surface area contributed by atoms with Gasteiger partial charge in [0.15, 0.2) is 0 Å². The van der Waals surface area contributed by atoms with Crippen LogP contribution in [0, 0.1) is 11.3 Å². The van der Waals surface area contributed by atoms with Gasteiger partial charge in [0.25, 0.3) is 0 Å². The smallest absolute Gasteiger partial charge is 0.126 e. The molecule has 2 bridgehead atoms. The molecule has 1 heterocycles. The molecule has 0 aromatic heterocycles. The zero-order chi connectivity index (χ0) is 22.4. The highest BCUT2D eigenvalue weighted by molar-refractivity contribution is 5.52. The summed E-state index contributed by atoms with van der Waals surface area (Å²) in [6.07, 6.45) is 0. The molecule has 170 valence electrons. The number of phenols is 1. The molecular weight excluding hydrogens is 414 g/mol. The SMILES string of the molecule is N#Cc1ccc(N=Nc2cc3c(O)c(c2)COCCOCCOCCOCCOC3)cc1. The predicted molar refractivity (Wildman–Crippen MR) is 115 cm³/mol. The molecule has 32 heavy (non-hydrogen) atoms. The Morgan fingerprint density at radius 2 is 1.09 bits per heavy atom. The Morgan fingerprint density at radius 3 is 1.56 bits per heavy atom. The second-order valence-corrected chi connectivity index (χ2v) is 6.91. The third-order valence-electron chi connectivity index (χ3n) is 4.53. The van der Waals surface area contributed by atoms with Gasteiger partial charge < -0.3 is 28.8 Å². The molecule has 3 rings (SSSR count). The van der Waals surface area contributed by atoms with Gasteiger partial charge in [-0.3, -0.25) is 0 Å². The largest absolute Gasteiger partial charge is 0.507 e. The van der Waals surface area contributed by atoms with E-state index in [0.717, 1.165) is 0 Å². The standard InChI is InChI=1S/C23H27N3O6/c24-15-18-1-3-21(4-2-18)25-26-22-13-19-16-31-11-9-29-7-5-28-6-8-30-10-12-32-17-20(14-22)23(19)27/h1-4,13-14,27H,5-12,16-17H2. The zero-order valence-corrected chi connectivity index (χ0v) is 17.9. The van der Waals surface area contributed by atoms with Crippen LogP contribution >= 0.6 is 0 Å². The number of rotatable bonds is 2. The van der Waals surface area contributed by atoms with E-state index in [9.17, 15) is 5.11 Å². The third-order valence-corrected chi connectivity index (χ3v) is 4.53. The highest BCUT2D eigenvalue weighted by atomic mass is 16.6. The first kappa shape index (κ1) is 23.8. The van der Waals surface area contributed by atoms with Crippen LogP contribution in [0.2, 0.25) is 0 Å². The number of benzene rings is 2. The van der Waals surface area contributed by atoms with Gasteiger partial charge in [0.1, 0.15) is 5.75 Å². The summed E-state index contributed by atoms with van der Waals surface area (Å²) in [6, 6.07) is 12.3. The predicted octanol–water partition coefficient (Wildman–Crippen LogP) is 3.78. The monoisotopic (exact) mass is 441 g/mol. The van der Waals surface area contributed by atoms with Gasteiger partial charge in [-0.05, 0) is 36.4 Å². The van der Waals surface area contributed by atoms with Crippen molar-refractivity contribution in [3.63, 3.8) is 0 Å². The van der Waals surface area contributed by atoms with Crippen molar-refractivity contribution in [2.24, 2.45) is 10.2 Å². The Morgan fingerprint density at radius 1 is 0.656 bits per heavy atom. The third kappa shape index (κ3) is 8.00. The van der Waals surface area contributed by atoms with E-state index in [1.807, 2.05) is 0 Å². The lowest BCUT2D eigenvalue weighted by Crippen LogP contribution is -2.13. The van der Waals surface area contributed by atoms with E-state index in [0.29, 0.717) is 80.9 Å². The Labute approximate surface area is 187 Å². The molecule has 0 radical (unpaired) electrons. The Bertz CT molecular complexity index is 874. The molecule has 0 atom stereocenters. The fourth-order valence-electron chi connectivity index (χ4n) is 2.88. The maximum atomic E-state index is 10.7. The van der Waals surface area contributed by atoms with Gasteiger partial charge in [0, 0.05) is 11.1 Å². The lowest BCUT2D eigenvalue weighted by Gasteiger charge is -2.13. The van der Waals surface area contributed by atoms with Crippen LogP contribution in [-0.4, -0.2) is 58.0 Å². The van der Waals surface area contributed by atoms with Crippen molar-refractivity contribution in [3.8, 4) is 11.8 Å². The molecule has 0 fully saturated rings. The van der Waals surface area contributed by atoms with Crippen molar-refractivity contribution in [2.45, 2.75) is 13.2 Å². The minimum absolute atomic E-state index is 0.110. The Kier molecular flexibility index (Phi) is 10.1. The summed E-state index contributed by atoms with van der Waals surface area (Å²) in [5.74, 6) is 0.110. The van der Waals surface area contributed by atoms with E-state index in [2.05, 4.69) is 16.3 Å². The summed E-state index contributed by atoms with van der Waals surface area (Å²) in [4.78, 5) is 0. The lowest BCUT2D eigenvalue weighted by atomic mass is 10.1. The molecule has 1 aliphatic heterocycles. The molecule has 0 amide bonds. The number of fused-ring (bicyclic) bond motifs is 2. The zero-order valence-electron chi connectivity index (χ0n) is 17.9. The number of nitrogens with zero attached hydrogens (tertiary/aromatic N) is 3. The first-order chi connectivity index (χ1) is 15.8. The van der Waals surface area contributed by atoms with Gasteiger partial charge in [-0.25, -0.2) is 0 Å².